The number of ether oxygens (including phenoxy) is 3. The molecule has 1 spiro atoms. The third-order valence-electron chi connectivity index (χ3n) is 7.27. The highest BCUT2D eigenvalue weighted by atomic mass is 35.5. The molecule has 1 fully saturated rings. The van der Waals surface area contributed by atoms with E-state index in [9.17, 15) is 18.8 Å². The van der Waals surface area contributed by atoms with Gasteiger partial charge in [-0.1, -0.05) is 31.0 Å². The maximum atomic E-state index is 14.7. The van der Waals surface area contributed by atoms with Gasteiger partial charge in [-0.05, 0) is 31.2 Å². The molecule has 1 aliphatic heterocycles. The second-order valence-corrected chi connectivity index (χ2v) is 10.4. The van der Waals surface area contributed by atoms with Crippen LogP contribution in [0.4, 0.5) is 4.39 Å². The van der Waals surface area contributed by atoms with Gasteiger partial charge < -0.3 is 29.0 Å². The molecule has 0 saturated heterocycles. The molecule has 206 valence electrons. The quantitative estimate of drug-likeness (QED) is 0.455. The molecule has 38 heavy (non-hydrogen) atoms. The van der Waals surface area contributed by atoms with Gasteiger partial charge in [-0.15, -0.1) is 0 Å². The van der Waals surface area contributed by atoms with Crippen LogP contribution in [0.1, 0.15) is 59.0 Å². The third kappa shape index (κ3) is 4.99. The van der Waals surface area contributed by atoms with E-state index in [0.717, 1.165) is 19.3 Å². The van der Waals surface area contributed by atoms with Crippen molar-refractivity contribution in [3.8, 4) is 11.5 Å². The molecular weight excluding hydrogens is 517 g/mol. The minimum Gasteiger partial charge on any atom is -0.495 e. The van der Waals surface area contributed by atoms with Crippen LogP contribution >= 0.6 is 11.6 Å². The fraction of sp³-hybridized carbons (Fsp3) is 0.519. The molecule has 4 rings (SSSR count). The van der Waals surface area contributed by atoms with Crippen molar-refractivity contribution < 1.29 is 28.2 Å². The van der Waals surface area contributed by atoms with Crippen molar-refractivity contribution in [1.82, 2.24) is 14.8 Å². The summed E-state index contributed by atoms with van der Waals surface area (Å²) < 4.78 is 32.6. The van der Waals surface area contributed by atoms with E-state index in [2.05, 4.69) is 5.32 Å². The molecular formula is C27H33ClFN3O6. The lowest BCUT2D eigenvalue weighted by Gasteiger charge is -2.54. The second kappa shape index (κ2) is 11.3. The fourth-order valence-corrected chi connectivity index (χ4v) is 5.64. The summed E-state index contributed by atoms with van der Waals surface area (Å²) in [6, 6.07) is 2.95. The average molecular weight is 550 g/mol. The van der Waals surface area contributed by atoms with E-state index in [1.54, 1.807) is 23.6 Å². The van der Waals surface area contributed by atoms with Crippen LogP contribution in [0.25, 0.3) is 0 Å². The maximum absolute atomic E-state index is 14.7. The largest absolute Gasteiger partial charge is 0.495 e. The summed E-state index contributed by atoms with van der Waals surface area (Å²) in [5.74, 6) is -1.42. The van der Waals surface area contributed by atoms with Crippen LogP contribution in [0, 0.1) is 11.7 Å². The third-order valence-corrected chi connectivity index (χ3v) is 7.62. The van der Waals surface area contributed by atoms with E-state index in [0.29, 0.717) is 25.5 Å². The highest BCUT2D eigenvalue weighted by Gasteiger charge is 2.52. The number of hydrogen-bond donors (Lipinski definition) is 1. The van der Waals surface area contributed by atoms with Crippen LogP contribution < -0.4 is 20.2 Å². The van der Waals surface area contributed by atoms with Crippen LogP contribution in [0.15, 0.2) is 23.1 Å². The Hall–Kier alpha value is -3.11. The minimum absolute atomic E-state index is 0.129. The van der Waals surface area contributed by atoms with Crippen molar-refractivity contribution in [3.05, 3.63) is 56.2 Å². The van der Waals surface area contributed by atoms with Crippen molar-refractivity contribution >= 4 is 23.4 Å². The van der Waals surface area contributed by atoms with Gasteiger partial charge in [-0.2, -0.15) is 0 Å². The van der Waals surface area contributed by atoms with Gasteiger partial charge >= 0.3 is 0 Å². The first-order valence-corrected chi connectivity index (χ1v) is 13.0. The maximum Gasteiger partial charge on any atom is 0.274 e. The number of carbonyl (C=O) groups is 2. The zero-order valence-electron chi connectivity index (χ0n) is 22.1. The van der Waals surface area contributed by atoms with Gasteiger partial charge in [0.2, 0.25) is 5.43 Å². The Kier molecular flexibility index (Phi) is 8.32. The van der Waals surface area contributed by atoms with E-state index in [-0.39, 0.29) is 52.4 Å². The van der Waals surface area contributed by atoms with Crippen LogP contribution in [0.2, 0.25) is 5.02 Å². The number of unbranched alkanes of at least 4 members (excludes halogenated alkanes) is 1. The topological polar surface area (TPSA) is 99.1 Å². The van der Waals surface area contributed by atoms with Crippen molar-refractivity contribution in [2.45, 2.75) is 44.7 Å². The highest BCUT2D eigenvalue weighted by Crippen LogP contribution is 2.48. The SMILES string of the molecule is CCCCOc1c2n(cc(C(=O)NCc3ccc(OC)c(Cl)c3F)c1=O)[C@]1(CN(C)C2=O)C[C@@H](COC)C1. The second-order valence-electron chi connectivity index (χ2n) is 9.97. The molecule has 11 heteroatoms. The van der Waals surface area contributed by atoms with Crippen molar-refractivity contribution in [2.75, 3.05) is 41.0 Å². The molecule has 2 amide bonds. The Morgan fingerprint density at radius 2 is 2.00 bits per heavy atom. The number of likely N-dealkylation sites (N-methyl/N-ethyl adjacent to an activating group) is 1. The average Bonchev–Trinajstić information content (AvgIpc) is 2.87. The van der Waals surface area contributed by atoms with Crippen LogP contribution in [0.5, 0.6) is 11.5 Å². The Morgan fingerprint density at radius 3 is 2.66 bits per heavy atom. The summed E-state index contributed by atoms with van der Waals surface area (Å²) in [7, 11) is 4.72. The number of amides is 2. The zero-order valence-corrected chi connectivity index (χ0v) is 22.8. The van der Waals surface area contributed by atoms with Crippen molar-refractivity contribution in [2.24, 2.45) is 5.92 Å². The van der Waals surface area contributed by atoms with Crippen molar-refractivity contribution in [1.29, 1.82) is 0 Å². The Labute approximate surface area is 225 Å². The van der Waals surface area contributed by atoms with E-state index < -0.39 is 22.7 Å². The number of carbonyl (C=O) groups excluding carboxylic acids is 2. The molecule has 1 aromatic carbocycles. The number of benzene rings is 1. The monoisotopic (exact) mass is 549 g/mol. The highest BCUT2D eigenvalue weighted by molar-refractivity contribution is 6.32. The standard InChI is InChI=1S/C27H33ClFN3O6/c1-5-6-9-38-24-22-26(35)31(2)15-27(10-16(11-27)14-36-3)32(22)13-18(23(24)33)25(34)30-12-17-7-8-19(37-4)20(28)21(17)29/h7-8,13,16H,5-6,9-12,14-15H2,1-4H3,(H,30,34)/t16-,27-. The molecule has 1 aliphatic carbocycles. The normalized spacial score (nSPS) is 20.2. The van der Waals surface area contributed by atoms with Gasteiger partial charge in [0.1, 0.15) is 16.3 Å². The molecule has 1 N–H and O–H groups in total. The van der Waals surface area contributed by atoms with Crippen LogP contribution in [0.3, 0.4) is 0 Å². The van der Waals surface area contributed by atoms with E-state index in [4.69, 9.17) is 25.8 Å². The predicted octanol–water partition coefficient (Wildman–Crippen LogP) is 3.60. The number of aromatic nitrogens is 1. The van der Waals surface area contributed by atoms with Gasteiger partial charge in [0, 0.05) is 45.6 Å². The summed E-state index contributed by atoms with van der Waals surface area (Å²) in [5.41, 5.74) is -1.05. The smallest absolute Gasteiger partial charge is 0.274 e. The Morgan fingerprint density at radius 1 is 1.26 bits per heavy atom. The Balaban J connectivity index is 1.72. The number of rotatable bonds is 10. The molecule has 1 saturated carbocycles. The van der Waals surface area contributed by atoms with E-state index >= 15 is 0 Å². The van der Waals surface area contributed by atoms with Gasteiger partial charge in [-0.3, -0.25) is 14.4 Å². The summed E-state index contributed by atoms with van der Waals surface area (Å²) in [4.78, 5) is 41.7. The number of fused-ring (bicyclic) bond motifs is 2. The number of hydrogen-bond acceptors (Lipinski definition) is 6. The lowest BCUT2D eigenvalue weighted by molar-refractivity contribution is -0.0191. The number of pyridine rings is 1. The molecule has 2 aromatic rings. The fourth-order valence-electron chi connectivity index (χ4n) is 5.38. The van der Waals surface area contributed by atoms with Gasteiger partial charge in [0.25, 0.3) is 11.8 Å². The van der Waals surface area contributed by atoms with Gasteiger partial charge in [-0.25, -0.2) is 4.39 Å². The summed E-state index contributed by atoms with van der Waals surface area (Å²) in [5, 5.41) is 2.42. The number of nitrogens with zero attached hydrogens (tertiary/aromatic N) is 2. The summed E-state index contributed by atoms with van der Waals surface area (Å²) in [6.45, 7) is 3.03. The number of nitrogens with one attached hydrogen (secondary N) is 1. The van der Waals surface area contributed by atoms with Crippen LogP contribution in [-0.4, -0.2) is 62.3 Å². The number of halogens is 2. The summed E-state index contributed by atoms with van der Waals surface area (Å²) >= 11 is 6.00. The molecule has 0 bridgehead atoms. The first-order chi connectivity index (χ1) is 18.2. The predicted molar refractivity (Wildman–Crippen MR) is 140 cm³/mol. The molecule has 0 atom stereocenters. The Bertz CT molecular complexity index is 1290. The lowest BCUT2D eigenvalue weighted by atomic mass is 9.67. The van der Waals surface area contributed by atoms with Crippen molar-refractivity contribution in [3.63, 3.8) is 0 Å². The lowest BCUT2D eigenvalue weighted by Crippen LogP contribution is -2.60. The minimum atomic E-state index is -0.719. The van der Waals surface area contributed by atoms with Gasteiger partial charge in [0.15, 0.2) is 17.3 Å². The molecule has 2 aliphatic rings. The first-order valence-electron chi connectivity index (χ1n) is 12.6. The molecule has 2 heterocycles. The first kappa shape index (κ1) is 27.9. The van der Waals surface area contributed by atoms with E-state index in [1.165, 1.54) is 25.4 Å². The number of methoxy groups -OCH3 is 2. The van der Waals surface area contributed by atoms with E-state index in [1.807, 2.05) is 6.92 Å². The van der Waals surface area contributed by atoms with Crippen LogP contribution in [-0.2, 0) is 16.8 Å². The molecule has 1 aromatic heterocycles. The summed E-state index contributed by atoms with van der Waals surface area (Å²) in [6.07, 6.45) is 4.40. The molecule has 9 nitrogen and oxygen atoms in total. The zero-order chi connectivity index (χ0) is 27.6. The molecule has 0 unspecified atom stereocenters. The van der Waals surface area contributed by atoms with Gasteiger partial charge in [0.05, 0.1) is 19.3 Å². The molecule has 0 radical (unpaired) electrons.